The molecule has 0 radical (unpaired) electrons. The maximum Gasteiger partial charge on any atom is 0.270 e. The molecular formula is C32H48N6O3Si. The Balaban J connectivity index is 1.45. The van der Waals surface area contributed by atoms with Gasteiger partial charge < -0.3 is 15.4 Å². The summed E-state index contributed by atoms with van der Waals surface area (Å²) < 4.78 is 9.50. The Morgan fingerprint density at radius 3 is 2.40 bits per heavy atom. The Morgan fingerprint density at radius 2 is 1.79 bits per heavy atom. The van der Waals surface area contributed by atoms with Crippen LogP contribution in [0.4, 0.5) is 5.69 Å². The zero-order chi connectivity index (χ0) is 30.7. The Bertz CT molecular complexity index is 1380. The molecule has 2 atom stereocenters. The lowest BCUT2D eigenvalue weighted by Gasteiger charge is -2.26. The van der Waals surface area contributed by atoms with Crippen LogP contribution in [0.25, 0.3) is 11.1 Å². The molecule has 228 valence electrons. The fourth-order valence-electron chi connectivity index (χ4n) is 5.48. The van der Waals surface area contributed by atoms with Crippen LogP contribution in [0, 0.1) is 25.2 Å². The smallest absolute Gasteiger partial charge is 0.270 e. The zero-order valence-electron chi connectivity index (χ0n) is 26.6. The van der Waals surface area contributed by atoms with E-state index in [9.17, 15) is 9.59 Å². The second-order valence-corrected chi connectivity index (χ2v) is 19.1. The molecule has 4 rings (SSSR count). The third-order valence-corrected chi connectivity index (χ3v) is 10.0. The van der Waals surface area contributed by atoms with E-state index in [0.717, 1.165) is 54.4 Å². The highest BCUT2D eigenvalue weighted by Gasteiger charge is 2.41. The number of aromatic nitrogens is 4. The van der Waals surface area contributed by atoms with E-state index in [1.165, 1.54) is 0 Å². The summed E-state index contributed by atoms with van der Waals surface area (Å²) >= 11 is 0. The highest BCUT2D eigenvalue weighted by atomic mass is 28.3. The normalized spacial score (nSPS) is 15.7. The topological polar surface area (TPSA) is 103 Å². The molecule has 1 saturated carbocycles. The molecule has 2 aromatic heterocycles. The zero-order valence-corrected chi connectivity index (χ0v) is 27.6. The maximum atomic E-state index is 13.6. The highest BCUT2D eigenvalue weighted by Crippen LogP contribution is 2.50. The van der Waals surface area contributed by atoms with E-state index < -0.39 is 14.1 Å². The Morgan fingerprint density at radius 1 is 1.10 bits per heavy atom. The van der Waals surface area contributed by atoms with Crippen molar-refractivity contribution in [1.29, 1.82) is 0 Å². The molecule has 3 aromatic rings. The number of benzene rings is 1. The van der Waals surface area contributed by atoms with Gasteiger partial charge in [-0.15, -0.1) is 0 Å². The molecule has 0 spiro atoms. The van der Waals surface area contributed by atoms with Crippen molar-refractivity contribution < 1.29 is 14.3 Å². The van der Waals surface area contributed by atoms with Crippen LogP contribution in [-0.2, 0) is 22.8 Å². The summed E-state index contributed by atoms with van der Waals surface area (Å²) in [6.45, 7) is 19.1. The molecule has 2 amide bonds. The number of ether oxygens (including phenoxy) is 1. The second kappa shape index (κ2) is 13.0. The summed E-state index contributed by atoms with van der Waals surface area (Å²) in [7, 11) is -1.14. The molecular weight excluding hydrogens is 544 g/mol. The molecule has 42 heavy (non-hydrogen) atoms. The summed E-state index contributed by atoms with van der Waals surface area (Å²) in [6, 6.07) is 9.97. The van der Waals surface area contributed by atoms with Crippen LogP contribution in [0.2, 0.25) is 25.7 Å². The van der Waals surface area contributed by atoms with Gasteiger partial charge in [-0.05, 0) is 81.2 Å². The van der Waals surface area contributed by atoms with Gasteiger partial charge >= 0.3 is 0 Å². The summed E-state index contributed by atoms with van der Waals surface area (Å²) in [4.78, 5) is 26.8. The van der Waals surface area contributed by atoms with E-state index in [1.54, 1.807) is 16.9 Å². The van der Waals surface area contributed by atoms with Gasteiger partial charge in [0.05, 0.1) is 5.69 Å². The number of carbonyl (C=O) groups excluding carboxylic acids is 2. The second-order valence-electron chi connectivity index (χ2n) is 13.4. The standard InChI is InChI=1S/C32H48N6O3Si/c1-9-37-27(14-17-33-37)30(39)35-29(22(2)20-32(5)15-16-32)31(40)34-26-12-10-25(11-13-26)28-23(3)36-38(24(28)4)21-41-18-19-42(6,7)8/h10-14,17,22,29H,9,15-16,18-21H2,1-8H3,(H,34,40)(H,35,39)/t22-,29-/m0/s1. The van der Waals surface area contributed by atoms with Gasteiger partial charge in [0, 0.05) is 44.4 Å². The van der Waals surface area contributed by atoms with Gasteiger partial charge in [0.25, 0.3) is 5.91 Å². The molecule has 0 saturated heterocycles. The molecule has 1 aliphatic rings. The van der Waals surface area contributed by atoms with E-state index in [1.807, 2.05) is 49.7 Å². The van der Waals surface area contributed by atoms with Crippen LogP contribution in [0.3, 0.4) is 0 Å². The minimum absolute atomic E-state index is 0.0252. The number of hydrogen-bond acceptors (Lipinski definition) is 5. The molecule has 2 heterocycles. The minimum Gasteiger partial charge on any atom is -0.360 e. The SMILES string of the molecule is CCn1nccc1C(=O)N[C@H](C(=O)Nc1ccc(-c2c(C)nn(COCC[Si](C)(C)C)c2C)cc1)[C@@H](C)CC1(C)CC1. The summed E-state index contributed by atoms with van der Waals surface area (Å²) in [6.07, 6.45) is 4.80. The summed E-state index contributed by atoms with van der Waals surface area (Å²) in [5.74, 6) is -0.529. The van der Waals surface area contributed by atoms with E-state index in [2.05, 4.69) is 49.2 Å². The number of aryl methyl sites for hydroxylation is 2. The van der Waals surface area contributed by atoms with Gasteiger partial charge in [-0.2, -0.15) is 10.2 Å². The summed E-state index contributed by atoms with van der Waals surface area (Å²) in [5.41, 5.74) is 5.48. The van der Waals surface area contributed by atoms with Gasteiger partial charge in [-0.1, -0.05) is 45.6 Å². The average molecular weight is 593 g/mol. The molecule has 9 nitrogen and oxygen atoms in total. The van der Waals surface area contributed by atoms with E-state index >= 15 is 0 Å². The largest absolute Gasteiger partial charge is 0.360 e. The van der Waals surface area contributed by atoms with E-state index in [-0.39, 0.29) is 23.1 Å². The summed E-state index contributed by atoms with van der Waals surface area (Å²) in [5, 5.41) is 15.0. The van der Waals surface area contributed by atoms with Gasteiger partial charge in [0.1, 0.15) is 18.5 Å². The van der Waals surface area contributed by atoms with Crippen LogP contribution in [0.5, 0.6) is 0 Å². The lowest BCUT2D eigenvalue weighted by molar-refractivity contribution is -0.119. The van der Waals surface area contributed by atoms with Crippen molar-refractivity contribution in [3.05, 3.63) is 53.6 Å². The predicted molar refractivity (Wildman–Crippen MR) is 170 cm³/mol. The molecule has 1 aliphatic carbocycles. The van der Waals surface area contributed by atoms with E-state index in [4.69, 9.17) is 9.84 Å². The van der Waals surface area contributed by atoms with Crippen molar-refractivity contribution >= 4 is 25.6 Å². The minimum atomic E-state index is -1.14. The van der Waals surface area contributed by atoms with Crippen molar-refractivity contribution in [3.8, 4) is 11.1 Å². The van der Waals surface area contributed by atoms with E-state index in [0.29, 0.717) is 24.7 Å². The molecule has 1 fully saturated rings. The number of hydrogen-bond donors (Lipinski definition) is 2. The lowest BCUT2D eigenvalue weighted by Crippen LogP contribution is -2.48. The first-order valence-electron chi connectivity index (χ1n) is 15.2. The third kappa shape index (κ3) is 7.98. The van der Waals surface area contributed by atoms with Crippen molar-refractivity contribution in [2.45, 2.75) is 98.9 Å². The number of nitrogens with zero attached hydrogens (tertiary/aromatic N) is 4. The number of amides is 2. The predicted octanol–water partition coefficient (Wildman–Crippen LogP) is 6.26. The fourth-order valence-corrected chi connectivity index (χ4v) is 6.24. The van der Waals surface area contributed by atoms with Crippen LogP contribution in [0.1, 0.15) is 61.9 Å². The Labute approximate surface area is 251 Å². The highest BCUT2D eigenvalue weighted by molar-refractivity contribution is 6.76. The van der Waals surface area contributed by atoms with Gasteiger partial charge in [0.2, 0.25) is 5.91 Å². The molecule has 0 unspecified atom stereocenters. The monoisotopic (exact) mass is 592 g/mol. The first-order chi connectivity index (χ1) is 19.8. The van der Waals surface area contributed by atoms with Gasteiger partial charge in [0.15, 0.2) is 0 Å². The van der Waals surface area contributed by atoms with Crippen molar-refractivity contribution in [1.82, 2.24) is 24.9 Å². The van der Waals surface area contributed by atoms with Crippen LogP contribution in [0.15, 0.2) is 36.5 Å². The van der Waals surface area contributed by atoms with Gasteiger partial charge in [-0.25, -0.2) is 4.68 Å². The van der Waals surface area contributed by atoms with Crippen molar-refractivity contribution in [2.75, 3.05) is 11.9 Å². The lowest BCUT2D eigenvalue weighted by atomic mass is 9.88. The maximum absolute atomic E-state index is 13.6. The number of anilines is 1. The van der Waals surface area contributed by atoms with Gasteiger partial charge in [-0.3, -0.25) is 14.3 Å². The van der Waals surface area contributed by atoms with Crippen molar-refractivity contribution in [3.63, 3.8) is 0 Å². The Hall–Kier alpha value is -3.24. The quantitative estimate of drug-likeness (QED) is 0.170. The molecule has 0 bridgehead atoms. The van der Waals surface area contributed by atoms with Crippen molar-refractivity contribution in [2.24, 2.45) is 11.3 Å². The molecule has 2 N–H and O–H groups in total. The van der Waals surface area contributed by atoms with Crippen LogP contribution >= 0.6 is 0 Å². The number of rotatable bonds is 14. The Kier molecular flexibility index (Phi) is 9.77. The molecule has 10 heteroatoms. The van der Waals surface area contributed by atoms with Crippen LogP contribution in [-0.4, -0.2) is 52.1 Å². The number of nitrogens with one attached hydrogen (secondary N) is 2. The fraction of sp³-hybridized carbons (Fsp3) is 0.562. The van der Waals surface area contributed by atoms with Crippen LogP contribution < -0.4 is 10.6 Å². The molecule has 1 aromatic carbocycles. The number of carbonyl (C=O) groups is 2. The average Bonchev–Trinajstić information content (AvgIpc) is 3.33. The first kappa shape index (κ1) is 31.7. The third-order valence-electron chi connectivity index (χ3n) is 8.34. The first-order valence-corrected chi connectivity index (χ1v) is 18.9. The molecule has 0 aliphatic heterocycles.